The number of hydrogen-bond donors (Lipinski definition) is 2. The molecule has 0 radical (unpaired) electrons. The second-order valence-electron chi connectivity index (χ2n) is 3.77. The topological polar surface area (TPSA) is 83.5 Å². The van der Waals surface area contributed by atoms with Crippen molar-refractivity contribution in [3.8, 4) is 0 Å². The molecule has 0 amide bonds. The van der Waals surface area contributed by atoms with E-state index in [1.807, 2.05) is 0 Å². The lowest BCUT2D eigenvalue weighted by molar-refractivity contribution is 0.556. The monoisotopic (exact) mass is 222 g/mol. The van der Waals surface area contributed by atoms with Crippen LogP contribution in [-0.2, 0) is 6.54 Å². The van der Waals surface area contributed by atoms with E-state index in [1.165, 1.54) is 0 Å². The Morgan fingerprint density at radius 3 is 2.88 bits per heavy atom. The molecule has 2 N–H and O–H groups in total. The second kappa shape index (κ2) is 4.34. The Labute approximate surface area is 91.3 Å². The molecule has 2 aromatic rings. The highest BCUT2D eigenvalue weighted by Crippen LogP contribution is 2.03. The van der Waals surface area contributed by atoms with Crippen LogP contribution in [0.4, 0.5) is 0 Å². The van der Waals surface area contributed by atoms with Gasteiger partial charge in [0, 0.05) is 12.7 Å². The molecule has 0 atom stereocenters. The number of rotatable bonds is 4. The number of nitrogens with one attached hydrogen (secondary N) is 2. The van der Waals surface area contributed by atoms with Gasteiger partial charge in [0.2, 0.25) is 0 Å². The van der Waals surface area contributed by atoms with Crippen molar-refractivity contribution in [1.82, 2.24) is 19.7 Å². The number of nitrogens with zero attached hydrogens (tertiary/aromatic N) is 2. The fourth-order valence-electron chi connectivity index (χ4n) is 1.63. The molecule has 0 saturated heterocycles. The van der Waals surface area contributed by atoms with Gasteiger partial charge in [-0.2, -0.15) is 5.10 Å². The molecule has 0 saturated carbocycles. The molecule has 2 heterocycles. The first-order chi connectivity index (χ1) is 7.70. The Hall–Kier alpha value is -1.85. The highest BCUT2D eigenvalue weighted by Gasteiger charge is 2.05. The minimum atomic E-state index is -0.517. The molecule has 0 aromatic carbocycles. The van der Waals surface area contributed by atoms with Crippen molar-refractivity contribution in [3.63, 3.8) is 0 Å². The normalized spacial score (nSPS) is 11.1. The molecular formula is C10H14N4O2. The maximum absolute atomic E-state index is 11.4. The molecule has 2 rings (SSSR count). The van der Waals surface area contributed by atoms with E-state index in [0.717, 1.165) is 25.8 Å². The van der Waals surface area contributed by atoms with E-state index in [-0.39, 0.29) is 5.56 Å². The summed E-state index contributed by atoms with van der Waals surface area (Å²) in [6.07, 6.45) is 4.95. The molecule has 6 nitrogen and oxygen atoms in total. The van der Waals surface area contributed by atoms with E-state index in [2.05, 4.69) is 22.0 Å². The number of aromatic amines is 2. The number of aryl methyl sites for hydroxylation is 1. The van der Waals surface area contributed by atoms with Crippen LogP contribution < -0.4 is 11.2 Å². The Kier molecular flexibility index (Phi) is 2.89. The zero-order chi connectivity index (χ0) is 11.5. The summed E-state index contributed by atoms with van der Waals surface area (Å²) in [6, 6.07) is 0. The van der Waals surface area contributed by atoms with E-state index in [4.69, 9.17) is 0 Å². The molecule has 0 aliphatic carbocycles. The standard InChI is InChI=1S/C10H14N4O2/c1-2-3-4-5-14-6-7-8(13-14)11-10(16)12-9(7)15/h6H,2-5H2,1H3,(H2,11,12,13,15,16). The van der Waals surface area contributed by atoms with Crippen LogP contribution >= 0.6 is 0 Å². The van der Waals surface area contributed by atoms with Gasteiger partial charge in [0.15, 0.2) is 5.65 Å². The van der Waals surface area contributed by atoms with Gasteiger partial charge in [0.25, 0.3) is 5.56 Å². The lowest BCUT2D eigenvalue weighted by atomic mass is 10.2. The van der Waals surface area contributed by atoms with Crippen LogP contribution in [-0.4, -0.2) is 19.7 Å². The van der Waals surface area contributed by atoms with Crippen molar-refractivity contribution < 1.29 is 0 Å². The number of aromatic nitrogens is 4. The first-order valence-corrected chi connectivity index (χ1v) is 5.40. The fraction of sp³-hybridized carbons (Fsp3) is 0.500. The van der Waals surface area contributed by atoms with Gasteiger partial charge in [0.1, 0.15) is 5.39 Å². The molecule has 0 bridgehead atoms. The van der Waals surface area contributed by atoms with Gasteiger partial charge in [-0.05, 0) is 6.42 Å². The Morgan fingerprint density at radius 1 is 1.31 bits per heavy atom. The fourth-order valence-corrected chi connectivity index (χ4v) is 1.63. The first kappa shape index (κ1) is 10.7. The zero-order valence-corrected chi connectivity index (χ0v) is 9.12. The summed E-state index contributed by atoms with van der Waals surface area (Å²) >= 11 is 0. The highest BCUT2D eigenvalue weighted by atomic mass is 16.2. The van der Waals surface area contributed by atoms with E-state index in [9.17, 15) is 9.59 Å². The third-order valence-corrected chi connectivity index (χ3v) is 2.46. The third-order valence-electron chi connectivity index (χ3n) is 2.46. The van der Waals surface area contributed by atoms with Crippen molar-refractivity contribution in [2.24, 2.45) is 0 Å². The lowest BCUT2D eigenvalue weighted by Crippen LogP contribution is -2.21. The summed E-state index contributed by atoms with van der Waals surface area (Å²) in [5.74, 6) is 0. The first-order valence-electron chi connectivity index (χ1n) is 5.40. The van der Waals surface area contributed by atoms with Crippen molar-refractivity contribution in [3.05, 3.63) is 27.0 Å². The van der Waals surface area contributed by atoms with E-state index in [0.29, 0.717) is 11.0 Å². The molecule has 0 aliphatic rings. The van der Waals surface area contributed by atoms with Crippen molar-refractivity contribution in [2.75, 3.05) is 0 Å². The minimum absolute atomic E-state index is 0.352. The second-order valence-corrected chi connectivity index (χ2v) is 3.77. The smallest absolute Gasteiger partial charge is 0.290 e. The summed E-state index contributed by atoms with van der Waals surface area (Å²) in [4.78, 5) is 27.1. The number of unbranched alkanes of at least 4 members (excludes halogenated alkanes) is 2. The van der Waals surface area contributed by atoms with Gasteiger partial charge >= 0.3 is 5.69 Å². The summed E-state index contributed by atoms with van der Waals surface area (Å²) in [5, 5.41) is 4.57. The maximum atomic E-state index is 11.4. The molecule has 0 spiro atoms. The molecule has 16 heavy (non-hydrogen) atoms. The predicted molar refractivity (Wildman–Crippen MR) is 60.5 cm³/mol. The predicted octanol–water partition coefficient (Wildman–Crippen LogP) is 0.603. The zero-order valence-electron chi connectivity index (χ0n) is 9.12. The Balaban J connectivity index is 2.33. The summed E-state index contributed by atoms with van der Waals surface area (Å²) in [5.41, 5.74) is -0.554. The van der Waals surface area contributed by atoms with E-state index in [1.54, 1.807) is 10.9 Å². The van der Waals surface area contributed by atoms with Crippen LogP contribution in [0.5, 0.6) is 0 Å². The SMILES string of the molecule is CCCCCn1cc2c(=O)[nH]c(=O)[nH]c2n1. The molecule has 2 aromatic heterocycles. The lowest BCUT2D eigenvalue weighted by Gasteiger charge is -1.97. The van der Waals surface area contributed by atoms with E-state index >= 15 is 0 Å². The van der Waals surface area contributed by atoms with Gasteiger partial charge in [-0.3, -0.25) is 19.4 Å². The third kappa shape index (κ3) is 2.05. The van der Waals surface area contributed by atoms with Crippen molar-refractivity contribution >= 4 is 11.0 Å². The van der Waals surface area contributed by atoms with Gasteiger partial charge in [-0.15, -0.1) is 0 Å². The minimum Gasteiger partial charge on any atom is -0.290 e. The van der Waals surface area contributed by atoms with Crippen LogP contribution in [0.25, 0.3) is 11.0 Å². The largest absolute Gasteiger partial charge is 0.327 e. The van der Waals surface area contributed by atoms with Gasteiger partial charge < -0.3 is 0 Å². The average molecular weight is 222 g/mol. The average Bonchev–Trinajstić information content (AvgIpc) is 2.61. The maximum Gasteiger partial charge on any atom is 0.327 e. The quantitative estimate of drug-likeness (QED) is 0.743. The van der Waals surface area contributed by atoms with Crippen molar-refractivity contribution in [1.29, 1.82) is 0 Å². The van der Waals surface area contributed by atoms with Crippen LogP contribution in [0.3, 0.4) is 0 Å². The summed E-state index contributed by atoms with van der Waals surface area (Å²) in [6.45, 7) is 2.89. The molecule has 0 aliphatic heterocycles. The van der Waals surface area contributed by atoms with Crippen LogP contribution in [0, 0.1) is 0 Å². The van der Waals surface area contributed by atoms with Gasteiger partial charge in [-0.25, -0.2) is 4.79 Å². The molecular weight excluding hydrogens is 208 g/mol. The molecule has 6 heteroatoms. The summed E-state index contributed by atoms with van der Waals surface area (Å²) in [7, 11) is 0. The Bertz CT molecular complexity index is 593. The Morgan fingerprint density at radius 2 is 2.12 bits per heavy atom. The summed E-state index contributed by atoms with van der Waals surface area (Å²) < 4.78 is 1.70. The van der Waals surface area contributed by atoms with E-state index < -0.39 is 5.69 Å². The van der Waals surface area contributed by atoms with Crippen LogP contribution in [0.2, 0.25) is 0 Å². The van der Waals surface area contributed by atoms with Crippen LogP contribution in [0.1, 0.15) is 26.2 Å². The highest BCUT2D eigenvalue weighted by molar-refractivity contribution is 5.71. The number of hydrogen-bond acceptors (Lipinski definition) is 3. The van der Waals surface area contributed by atoms with Crippen molar-refractivity contribution in [2.45, 2.75) is 32.7 Å². The molecule has 0 unspecified atom stereocenters. The molecule has 0 fully saturated rings. The van der Waals surface area contributed by atoms with Gasteiger partial charge in [0.05, 0.1) is 0 Å². The van der Waals surface area contributed by atoms with Crippen LogP contribution in [0.15, 0.2) is 15.8 Å². The number of fused-ring (bicyclic) bond motifs is 1. The number of H-pyrrole nitrogens is 2. The molecule has 86 valence electrons. The van der Waals surface area contributed by atoms with Gasteiger partial charge in [-0.1, -0.05) is 19.8 Å².